The molecule has 0 N–H and O–H groups in total. The van der Waals surface area contributed by atoms with Gasteiger partial charge in [0.05, 0.1) is 37.2 Å². The van der Waals surface area contributed by atoms with Crippen LogP contribution in [0.25, 0.3) is 74.9 Å². The van der Waals surface area contributed by atoms with Crippen molar-refractivity contribution >= 4 is 64.9 Å². The van der Waals surface area contributed by atoms with Crippen LogP contribution < -0.4 is 10.9 Å². The normalized spacial score (nSPS) is 11.7. The Bertz CT molecular complexity index is 2590. The first kappa shape index (κ1) is 26.6. The van der Waals surface area contributed by atoms with Crippen LogP contribution in [-0.2, 0) is 0 Å². The van der Waals surface area contributed by atoms with E-state index in [0.717, 1.165) is 64.1 Å². The van der Waals surface area contributed by atoms with Crippen molar-refractivity contribution in [2.45, 2.75) is 0 Å². The van der Waals surface area contributed by atoms with Gasteiger partial charge in [-0.1, -0.05) is 24.3 Å². The Morgan fingerprint density at radius 1 is 0.543 bits per heavy atom. The lowest BCUT2D eigenvalue weighted by Crippen LogP contribution is -2.06. The predicted molar refractivity (Wildman–Crippen MR) is 188 cm³/mol. The second-order valence-corrected chi connectivity index (χ2v) is 13.0. The van der Waals surface area contributed by atoms with Gasteiger partial charge in [-0.05, 0) is 72.8 Å². The number of benzene rings is 4. The predicted octanol–water partition coefficient (Wildman–Crippen LogP) is 8.24. The molecule has 46 heavy (non-hydrogen) atoms. The molecule has 0 amide bonds. The molecule has 5 aromatic heterocycles. The summed E-state index contributed by atoms with van der Waals surface area (Å²) in [5, 5.41) is 3.10. The number of para-hydroxylation sites is 2. The Labute approximate surface area is 269 Å². The summed E-state index contributed by atoms with van der Waals surface area (Å²) in [4.78, 5) is 39.3. The van der Waals surface area contributed by atoms with E-state index in [2.05, 4.69) is 17.1 Å². The molecule has 0 fully saturated rings. The first-order chi connectivity index (χ1) is 22.6. The van der Waals surface area contributed by atoms with Crippen molar-refractivity contribution in [3.05, 3.63) is 148 Å². The third-order valence-corrected chi connectivity index (χ3v) is 10.2. The SMILES string of the molecule is O=c1ccn(-c2ccc3nc(-c4ccnc(-c5nc6ccc(-n7ccc(=O)c8ccccc87)cc6s5)c4)sc3c2)c2ccccc12. The molecule has 0 unspecified atom stereocenters. The summed E-state index contributed by atoms with van der Waals surface area (Å²) in [6.45, 7) is 0. The number of rotatable bonds is 4. The average molecular weight is 632 g/mol. The van der Waals surface area contributed by atoms with Gasteiger partial charge in [0.2, 0.25) is 0 Å². The average Bonchev–Trinajstić information content (AvgIpc) is 3.73. The number of thiazole rings is 2. The summed E-state index contributed by atoms with van der Waals surface area (Å²) in [5.74, 6) is 0. The van der Waals surface area contributed by atoms with Gasteiger partial charge in [0, 0.05) is 58.4 Å². The number of aromatic nitrogens is 5. The van der Waals surface area contributed by atoms with Crippen LogP contribution in [-0.4, -0.2) is 24.1 Å². The van der Waals surface area contributed by atoms with Crippen molar-refractivity contribution in [2.75, 3.05) is 0 Å². The van der Waals surface area contributed by atoms with Gasteiger partial charge in [0.15, 0.2) is 10.9 Å². The highest BCUT2D eigenvalue weighted by Crippen LogP contribution is 2.36. The van der Waals surface area contributed by atoms with Gasteiger partial charge in [-0.25, -0.2) is 9.97 Å². The van der Waals surface area contributed by atoms with Crippen molar-refractivity contribution < 1.29 is 0 Å². The molecular formula is C37H21N5O2S2. The molecule has 0 radical (unpaired) electrons. The highest BCUT2D eigenvalue weighted by atomic mass is 32.1. The Balaban J connectivity index is 1.07. The molecule has 0 saturated heterocycles. The van der Waals surface area contributed by atoms with Crippen molar-refractivity contribution in [3.63, 3.8) is 0 Å². The molecule has 5 heterocycles. The lowest BCUT2D eigenvalue weighted by atomic mass is 10.2. The van der Waals surface area contributed by atoms with Crippen LogP contribution in [0, 0.1) is 0 Å². The third-order valence-electron chi connectivity index (χ3n) is 8.13. The number of hydrogen-bond donors (Lipinski definition) is 0. The van der Waals surface area contributed by atoms with Crippen molar-refractivity contribution in [1.29, 1.82) is 0 Å². The Morgan fingerprint density at radius 3 is 1.70 bits per heavy atom. The Morgan fingerprint density at radius 2 is 1.09 bits per heavy atom. The number of nitrogens with zero attached hydrogens (tertiary/aromatic N) is 5. The van der Waals surface area contributed by atoms with Crippen LogP contribution in [0.4, 0.5) is 0 Å². The molecular weight excluding hydrogens is 611 g/mol. The van der Waals surface area contributed by atoms with E-state index in [4.69, 9.17) is 9.97 Å². The summed E-state index contributed by atoms with van der Waals surface area (Å²) < 4.78 is 6.16. The molecule has 0 spiro atoms. The Kier molecular flexibility index (Phi) is 6.02. The van der Waals surface area contributed by atoms with Crippen LogP contribution in [0.1, 0.15) is 0 Å². The van der Waals surface area contributed by atoms with Crippen LogP contribution in [0.3, 0.4) is 0 Å². The first-order valence-electron chi connectivity index (χ1n) is 14.6. The molecule has 7 nitrogen and oxygen atoms in total. The topological polar surface area (TPSA) is 82.7 Å². The van der Waals surface area contributed by atoms with Crippen LogP contribution in [0.15, 0.2) is 137 Å². The van der Waals surface area contributed by atoms with E-state index < -0.39 is 0 Å². The molecule has 0 atom stereocenters. The second-order valence-electron chi connectivity index (χ2n) is 10.9. The summed E-state index contributed by atoms with van der Waals surface area (Å²) in [7, 11) is 0. The van der Waals surface area contributed by atoms with Crippen molar-refractivity contribution in [1.82, 2.24) is 24.1 Å². The zero-order chi connectivity index (χ0) is 30.8. The van der Waals surface area contributed by atoms with Gasteiger partial charge >= 0.3 is 0 Å². The maximum absolute atomic E-state index is 12.4. The molecule has 218 valence electrons. The highest BCUT2D eigenvalue weighted by molar-refractivity contribution is 7.22. The van der Waals surface area contributed by atoms with E-state index in [9.17, 15) is 9.59 Å². The largest absolute Gasteiger partial charge is 0.316 e. The standard InChI is InChI=1S/C37H21N5O2S2/c43-32-14-17-41(30-7-3-1-5-25(30)32)23-9-11-27-34(20-23)45-36(39-27)22-13-16-38-29(19-22)37-40-28-12-10-24(21-35(28)46-37)42-18-15-33(44)26-6-2-4-8-31(26)42/h1-21H. The summed E-state index contributed by atoms with van der Waals surface area (Å²) in [6.07, 6.45) is 5.45. The third kappa shape index (κ3) is 4.36. The van der Waals surface area contributed by atoms with Gasteiger partial charge in [-0.2, -0.15) is 0 Å². The minimum atomic E-state index is 0.00940. The van der Waals surface area contributed by atoms with Gasteiger partial charge in [0.25, 0.3) is 0 Å². The quantitative estimate of drug-likeness (QED) is 0.195. The zero-order valence-corrected chi connectivity index (χ0v) is 25.6. The smallest absolute Gasteiger partial charge is 0.189 e. The molecule has 9 aromatic rings. The van der Waals surface area contributed by atoms with Crippen molar-refractivity contribution in [3.8, 4) is 32.6 Å². The zero-order valence-electron chi connectivity index (χ0n) is 24.0. The maximum Gasteiger partial charge on any atom is 0.189 e. The summed E-state index contributed by atoms with van der Waals surface area (Å²) >= 11 is 3.21. The molecule has 0 saturated carbocycles. The van der Waals surface area contributed by atoms with Gasteiger partial charge in [-0.15, -0.1) is 22.7 Å². The van der Waals surface area contributed by atoms with E-state index in [1.54, 1.807) is 41.0 Å². The lowest BCUT2D eigenvalue weighted by molar-refractivity contribution is 1.10. The minimum absolute atomic E-state index is 0.00940. The number of hydrogen-bond acceptors (Lipinski definition) is 7. The fraction of sp³-hybridized carbons (Fsp3) is 0. The van der Waals surface area contributed by atoms with E-state index in [1.165, 1.54) is 0 Å². The molecule has 0 aliphatic heterocycles. The molecule has 9 heteroatoms. The second kappa shape index (κ2) is 10.4. The van der Waals surface area contributed by atoms with E-state index in [0.29, 0.717) is 10.8 Å². The van der Waals surface area contributed by atoms with Gasteiger partial charge in [-0.3, -0.25) is 14.6 Å². The van der Waals surface area contributed by atoms with E-state index >= 15 is 0 Å². The maximum atomic E-state index is 12.4. The summed E-state index contributed by atoms with van der Waals surface area (Å²) in [6, 6.07) is 34.9. The fourth-order valence-corrected chi connectivity index (χ4v) is 7.86. The van der Waals surface area contributed by atoms with Crippen LogP contribution in [0.5, 0.6) is 0 Å². The van der Waals surface area contributed by atoms with Crippen molar-refractivity contribution in [2.24, 2.45) is 0 Å². The van der Waals surface area contributed by atoms with Crippen LogP contribution >= 0.6 is 22.7 Å². The van der Waals surface area contributed by atoms with E-state index in [1.807, 2.05) is 106 Å². The van der Waals surface area contributed by atoms with Crippen LogP contribution in [0.2, 0.25) is 0 Å². The number of pyridine rings is 3. The first-order valence-corrected chi connectivity index (χ1v) is 16.2. The molecule has 0 bridgehead atoms. The van der Waals surface area contributed by atoms with Gasteiger partial charge < -0.3 is 9.13 Å². The fourth-order valence-electron chi connectivity index (χ4n) is 5.90. The number of fused-ring (bicyclic) bond motifs is 4. The highest BCUT2D eigenvalue weighted by Gasteiger charge is 2.14. The molecule has 0 aliphatic carbocycles. The van der Waals surface area contributed by atoms with E-state index in [-0.39, 0.29) is 10.9 Å². The minimum Gasteiger partial charge on any atom is -0.316 e. The summed E-state index contributed by atoms with van der Waals surface area (Å²) in [5.41, 5.74) is 7.25. The molecule has 9 rings (SSSR count). The lowest BCUT2D eigenvalue weighted by Gasteiger charge is -2.10. The van der Waals surface area contributed by atoms with Gasteiger partial charge in [0.1, 0.15) is 10.0 Å². The Hall–Kier alpha value is -5.77. The molecule has 4 aromatic carbocycles. The monoisotopic (exact) mass is 631 g/mol. The molecule has 0 aliphatic rings.